The van der Waals surface area contributed by atoms with Crippen LogP contribution >= 0.6 is 0 Å². The first-order valence-corrected chi connectivity index (χ1v) is 6.09. The Morgan fingerprint density at radius 1 is 1.40 bits per heavy atom. The summed E-state index contributed by atoms with van der Waals surface area (Å²) in [5.41, 5.74) is -0.274. The number of aromatic nitrogens is 1. The fourth-order valence-electron chi connectivity index (χ4n) is 1.89. The average molecular weight is 277 g/mol. The molecule has 0 saturated carbocycles. The molecule has 1 aromatic rings. The van der Waals surface area contributed by atoms with Crippen LogP contribution in [-0.2, 0) is 4.79 Å². The Bertz CT molecular complexity index is 556. The van der Waals surface area contributed by atoms with E-state index >= 15 is 0 Å². The molecule has 2 N–H and O–H groups in total. The van der Waals surface area contributed by atoms with Crippen LogP contribution in [0.3, 0.4) is 0 Å². The van der Waals surface area contributed by atoms with Crippen molar-refractivity contribution in [3.8, 4) is 0 Å². The summed E-state index contributed by atoms with van der Waals surface area (Å²) >= 11 is 0. The molecule has 1 unspecified atom stereocenters. The first-order valence-electron chi connectivity index (χ1n) is 6.09. The van der Waals surface area contributed by atoms with Crippen LogP contribution in [0.15, 0.2) is 36.2 Å². The minimum Gasteiger partial charge on any atom is -0.478 e. The molecule has 1 aliphatic heterocycles. The number of hydrogen-bond donors (Lipinski definition) is 2. The van der Waals surface area contributed by atoms with Crippen LogP contribution in [0.1, 0.15) is 13.8 Å². The number of aliphatic hydroxyl groups is 1. The highest BCUT2D eigenvalue weighted by molar-refractivity contribution is 5.99. The molecule has 0 radical (unpaired) electrons. The van der Waals surface area contributed by atoms with E-state index in [1.54, 1.807) is 26.0 Å². The van der Waals surface area contributed by atoms with E-state index in [1.165, 1.54) is 23.4 Å². The lowest BCUT2D eigenvalue weighted by molar-refractivity contribution is -0.133. The zero-order valence-corrected chi connectivity index (χ0v) is 11.1. The van der Waals surface area contributed by atoms with Gasteiger partial charge < -0.3 is 10.2 Å². The second kappa shape index (κ2) is 5.30. The second-order valence-electron chi connectivity index (χ2n) is 4.60. The van der Waals surface area contributed by atoms with Crippen LogP contribution in [0.5, 0.6) is 0 Å². The quantitative estimate of drug-likeness (QED) is 0.860. The standard InChI is InChI=1S/C13H15N3O4/c1-8(2)15-7-9(12(18)19)11(17)16(13(15)20)10-5-3-4-6-14-10/h3-8,11,17H,1-2H3,(H,18,19). The van der Waals surface area contributed by atoms with E-state index in [1.807, 2.05) is 0 Å². The maximum absolute atomic E-state index is 12.4. The minimum atomic E-state index is -1.56. The maximum Gasteiger partial charge on any atom is 0.337 e. The van der Waals surface area contributed by atoms with Crippen molar-refractivity contribution in [3.63, 3.8) is 0 Å². The summed E-state index contributed by atoms with van der Waals surface area (Å²) < 4.78 is 0. The first-order chi connectivity index (χ1) is 9.43. The number of aliphatic hydroxyl groups excluding tert-OH is 1. The summed E-state index contributed by atoms with van der Waals surface area (Å²) in [5, 5.41) is 19.3. The van der Waals surface area contributed by atoms with Gasteiger partial charge in [-0.15, -0.1) is 0 Å². The van der Waals surface area contributed by atoms with Gasteiger partial charge in [-0.3, -0.25) is 4.90 Å². The number of carbonyl (C=O) groups excluding carboxylic acids is 1. The summed E-state index contributed by atoms with van der Waals surface area (Å²) in [6.07, 6.45) is 1.07. The van der Waals surface area contributed by atoms with Crippen LogP contribution in [0, 0.1) is 0 Å². The lowest BCUT2D eigenvalue weighted by Crippen LogP contribution is -2.54. The molecule has 0 bridgehead atoms. The van der Waals surface area contributed by atoms with Crippen molar-refractivity contribution >= 4 is 17.8 Å². The van der Waals surface area contributed by atoms with Crippen molar-refractivity contribution < 1.29 is 19.8 Å². The number of amides is 2. The largest absolute Gasteiger partial charge is 0.478 e. The zero-order chi connectivity index (χ0) is 14.9. The third-order valence-electron chi connectivity index (χ3n) is 2.93. The number of carboxylic acid groups (broad SMARTS) is 1. The summed E-state index contributed by atoms with van der Waals surface area (Å²) in [5.74, 6) is -1.08. The SMILES string of the molecule is CC(C)N1C=C(C(=O)O)C(O)N(c2ccccn2)C1=O. The number of rotatable bonds is 3. The molecule has 7 nitrogen and oxygen atoms in total. The molecular formula is C13H15N3O4. The second-order valence-corrected chi connectivity index (χ2v) is 4.60. The molecule has 2 rings (SSSR count). The van der Waals surface area contributed by atoms with Gasteiger partial charge in [0.25, 0.3) is 0 Å². The van der Waals surface area contributed by atoms with Gasteiger partial charge in [0.2, 0.25) is 0 Å². The highest BCUT2D eigenvalue weighted by Gasteiger charge is 2.39. The van der Waals surface area contributed by atoms with E-state index in [2.05, 4.69) is 4.98 Å². The molecule has 1 aromatic heterocycles. The van der Waals surface area contributed by atoms with Crippen LogP contribution in [0.2, 0.25) is 0 Å². The van der Waals surface area contributed by atoms with Crippen molar-refractivity contribution in [2.45, 2.75) is 26.1 Å². The van der Waals surface area contributed by atoms with E-state index in [-0.39, 0.29) is 17.4 Å². The normalized spacial score (nSPS) is 19.3. The number of carbonyl (C=O) groups is 2. The Kier molecular flexibility index (Phi) is 3.71. The number of aliphatic carboxylic acids is 1. The predicted molar refractivity (Wildman–Crippen MR) is 70.8 cm³/mol. The van der Waals surface area contributed by atoms with E-state index in [9.17, 15) is 14.7 Å². The molecule has 0 saturated heterocycles. The fraction of sp³-hybridized carbons (Fsp3) is 0.308. The van der Waals surface area contributed by atoms with Gasteiger partial charge in [-0.25, -0.2) is 19.5 Å². The summed E-state index contributed by atoms with van der Waals surface area (Å²) in [6.45, 7) is 3.50. The van der Waals surface area contributed by atoms with Crippen LogP contribution in [-0.4, -0.2) is 44.4 Å². The molecule has 0 aromatic carbocycles. The number of nitrogens with zero attached hydrogens (tertiary/aromatic N) is 3. The molecule has 106 valence electrons. The lowest BCUT2D eigenvalue weighted by Gasteiger charge is -2.37. The van der Waals surface area contributed by atoms with Crippen molar-refractivity contribution in [3.05, 3.63) is 36.2 Å². The number of hydrogen-bond acceptors (Lipinski definition) is 4. The molecule has 1 atom stereocenters. The molecule has 1 aliphatic rings. The van der Waals surface area contributed by atoms with Crippen molar-refractivity contribution in [2.24, 2.45) is 0 Å². The first kappa shape index (κ1) is 14.0. The van der Waals surface area contributed by atoms with Gasteiger partial charge in [0, 0.05) is 18.4 Å². The van der Waals surface area contributed by atoms with Gasteiger partial charge in [0.1, 0.15) is 11.4 Å². The molecule has 0 fully saturated rings. The molecule has 0 aliphatic carbocycles. The van der Waals surface area contributed by atoms with Gasteiger partial charge in [-0.05, 0) is 26.0 Å². The number of carboxylic acids is 1. The Balaban J connectivity index is 2.50. The molecule has 2 amide bonds. The Hall–Kier alpha value is -2.41. The highest BCUT2D eigenvalue weighted by Crippen LogP contribution is 2.25. The van der Waals surface area contributed by atoms with Crippen molar-refractivity contribution in [2.75, 3.05) is 4.90 Å². The van der Waals surface area contributed by atoms with Crippen LogP contribution in [0.25, 0.3) is 0 Å². The third kappa shape index (κ3) is 2.35. The van der Waals surface area contributed by atoms with Crippen molar-refractivity contribution in [1.29, 1.82) is 0 Å². The van der Waals surface area contributed by atoms with E-state index in [4.69, 9.17) is 5.11 Å². The molecule has 7 heteroatoms. The summed E-state index contributed by atoms with van der Waals surface area (Å²) in [7, 11) is 0. The van der Waals surface area contributed by atoms with E-state index in [0.29, 0.717) is 0 Å². The summed E-state index contributed by atoms with van der Waals surface area (Å²) in [6, 6.07) is 4.09. The minimum absolute atomic E-state index is 0.197. The van der Waals surface area contributed by atoms with Gasteiger partial charge in [0.15, 0.2) is 6.23 Å². The fourth-order valence-corrected chi connectivity index (χ4v) is 1.89. The van der Waals surface area contributed by atoms with Crippen LogP contribution < -0.4 is 4.90 Å². The number of anilines is 1. The number of pyridine rings is 1. The van der Waals surface area contributed by atoms with Gasteiger partial charge in [0.05, 0.1) is 0 Å². The summed E-state index contributed by atoms with van der Waals surface area (Å²) in [4.78, 5) is 29.8. The molecule has 20 heavy (non-hydrogen) atoms. The Morgan fingerprint density at radius 3 is 2.60 bits per heavy atom. The smallest absolute Gasteiger partial charge is 0.337 e. The maximum atomic E-state index is 12.4. The lowest BCUT2D eigenvalue weighted by atomic mass is 10.1. The Morgan fingerprint density at radius 2 is 2.10 bits per heavy atom. The van der Waals surface area contributed by atoms with Crippen LogP contribution in [0.4, 0.5) is 10.6 Å². The average Bonchev–Trinajstić information content (AvgIpc) is 2.39. The molecule has 2 heterocycles. The zero-order valence-electron chi connectivity index (χ0n) is 11.1. The monoisotopic (exact) mass is 277 g/mol. The molecule has 0 spiro atoms. The van der Waals surface area contributed by atoms with E-state index in [0.717, 1.165) is 4.90 Å². The van der Waals surface area contributed by atoms with Gasteiger partial charge >= 0.3 is 12.0 Å². The topological polar surface area (TPSA) is 94.0 Å². The molecular weight excluding hydrogens is 262 g/mol. The highest BCUT2D eigenvalue weighted by atomic mass is 16.4. The number of urea groups is 1. The predicted octanol–water partition coefficient (Wildman–Crippen LogP) is 1.02. The van der Waals surface area contributed by atoms with E-state index < -0.39 is 18.2 Å². The van der Waals surface area contributed by atoms with Gasteiger partial charge in [-0.1, -0.05) is 6.07 Å². The Labute approximate surface area is 115 Å². The van der Waals surface area contributed by atoms with Gasteiger partial charge in [-0.2, -0.15) is 0 Å². The van der Waals surface area contributed by atoms with Crippen molar-refractivity contribution in [1.82, 2.24) is 9.88 Å². The third-order valence-corrected chi connectivity index (χ3v) is 2.93.